The molecule has 0 aliphatic carbocycles. The third kappa shape index (κ3) is 3.49. The highest BCUT2D eigenvalue weighted by atomic mass is 35.5. The highest BCUT2D eigenvalue weighted by molar-refractivity contribution is 8.07. The van der Waals surface area contributed by atoms with Crippen LogP contribution >= 0.6 is 35.1 Å². The predicted molar refractivity (Wildman–Crippen MR) is 92.1 cm³/mol. The van der Waals surface area contributed by atoms with Crippen LogP contribution in [0, 0.1) is 0 Å². The second kappa shape index (κ2) is 7.43. The molecular formula is C14H24ClN3S2. The first-order chi connectivity index (χ1) is 9.58. The van der Waals surface area contributed by atoms with Crippen molar-refractivity contribution in [2.45, 2.75) is 55.5 Å². The molecule has 0 saturated carbocycles. The van der Waals surface area contributed by atoms with Crippen LogP contribution in [0.2, 0.25) is 5.02 Å². The van der Waals surface area contributed by atoms with Crippen LogP contribution in [0.5, 0.6) is 0 Å². The van der Waals surface area contributed by atoms with Crippen LogP contribution in [0.15, 0.2) is 6.20 Å². The maximum absolute atomic E-state index is 6.40. The average Bonchev–Trinajstić information content (AvgIpc) is 2.77. The number of thioether (sulfide) groups is 2. The number of rotatable bonds is 5. The van der Waals surface area contributed by atoms with Gasteiger partial charge in [0.05, 0.1) is 23.0 Å². The molecule has 2 rings (SSSR count). The summed E-state index contributed by atoms with van der Waals surface area (Å²) in [4.78, 5) is 0. The van der Waals surface area contributed by atoms with Crippen LogP contribution in [0.1, 0.15) is 38.9 Å². The van der Waals surface area contributed by atoms with Crippen molar-refractivity contribution in [1.82, 2.24) is 15.1 Å². The fourth-order valence-electron chi connectivity index (χ4n) is 2.55. The molecule has 3 nitrogen and oxygen atoms in total. The van der Waals surface area contributed by atoms with Crippen molar-refractivity contribution in [1.29, 1.82) is 0 Å². The van der Waals surface area contributed by atoms with Crippen LogP contribution < -0.4 is 5.32 Å². The molecule has 4 unspecified atom stereocenters. The van der Waals surface area contributed by atoms with Gasteiger partial charge < -0.3 is 5.32 Å². The molecule has 1 saturated heterocycles. The summed E-state index contributed by atoms with van der Waals surface area (Å²) in [6.45, 7) is 7.74. The summed E-state index contributed by atoms with van der Waals surface area (Å²) in [6, 6.07) is 0.268. The Balaban J connectivity index is 2.21. The van der Waals surface area contributed by atoms with Gasteiger partial charge in [-0.2, -0.15) is 28.6 Å². The molecule has 1 aliphatic heterocycles. The Morgan fingerprint density at radius 2 is 2.25 bits per heavy atom. The number of hydrogen-bond donors (Lipinski definition) is 1. The van der Waals surface area contributed by atoms with Gasteiger partial charge in [0.15, 0.2) is 0 Å². The van der Waals surface area contributed by atoms with E-state index in [-0.39, 0.29) is 6.04 Å². The Bertz CT molecular complexity index is 438. The van der Waals surface area contributed by atoms with Crippen molar-refractivity contribution in [2.24, 2.45) is 0 Å². The highest BCUT2D eigenvalue weighted by Crippen LogP contribution is 2.42. The van der Waals surface area contributed by atoms with Gasteiger partial charge in [-0.25, -0.2) is 0 Å². The molecule has 1 aromatic rings. The summed E-state index contributed by atoms with van der Waals surface area (Å²) in [6.07, 6.45) is 2.85. The molecular weight excluding hydrogens is 310 g/mol. The average molecular weight is 334 g/mol. The van der Waals surface area contributed by atoms with Gasteiger partial charge >= 0.3 is 0 Å². The van der Waals surface area contributed by atoms with Gasteiger partial charge in [-0.05, 0) is 13.5 Å². The molecule has 4 atom stereocenters. The lowest BCUT2D eigenvalue weighted by Crippen LogP contribution is -2.37. The van der Waals surface area contributed by atoms with Crippen molar-refractivity contribution < 1.29 is 0 Å². The minimum absolute atomic E-state index is 0.268. The summed E-state index contributed by atoms with van der Waals surface area (Å²) in [7, 11) is 2.03. The molecule has 0 spiro atoms. The van der Waals surface area contributed by atoms with Crippen LogP contribution in [0.25, 0.3) is 0 Å². The lowest BCUT2D eigenvalue weighted by atomic mass is 10.1. The Morgan fingerprint density at radius 1 is 1.50 bits per heavy atom. The number of aryl methyl sites for hydroxylation is 1. The standard InChI is InChI=1S/C14H24ClN3S2/c1-5-6-18-14(11(15)7-17-18)13(16-4)12-8-19-9(2)10(3)20-12/h7,9-10,12-13,16H,5-6,8H2,1-4H3. The van der Waals surface area contributed by atoms with Crippen LogP contribution in [0.3, 0.4) is 0 Å². The third-order valence-electron chi connectivity index (χ3n) is 3.82. The molecule has 0 bridgehead atoms. The van der Waals surface area contributed by atoms with Crippen LogP contribution in [0.4, 0.5) is 0 Å². The smallest absolute Gasteiger partial charge is 0.0834 e. The maximum Gasteiger partial charge on any atom is 0.0834 e. The van der Waals surface area contributed by atoms with Crippen molar-refractivity contribution in [3.8, 4) is 0 Å². The molecule has 0 radical (unpaired) electrons. The normalized spacial score (nSPS) is 28.6. The van der Waals surface area contributed by atoms with E-state index < -0.39 is 0 Å². The second-order valence-electron chi connectivity index (χ2n) is 5.29. The first kappa shape index (κ1) is 16.5. The summed E-state index contributed by atoms with van der Waals surface area (Å²) < 4.78 is 2.07. The number of hydrogen-bond acceptors (Lipinski definition) is 4. The molecule has 2 heterocycles. The summed E-state index contributed by atoms with van der Waals surface area (Å²) in [5.41, 5.74) is 1.15. The molecule has 0 amide bonds. The molecule has 6 heteroatoms. The molecule has 1 aliphatic rings. The van der Waals surface area contributed by atoms with Crippen molar-refractivity contribution >= 4 is 35.1 Å². The first-order valence-corrected chi connectivity index (χ1v) is 9.61. The van der Waals surface area contributed by atoms with Crippen LogP contribution in [-0.4, -0.2) is 38.3 Å². The molecule has 1 aromatic heterocycles. The van der Waals surface area contributed by atoms with Gasteiger partial charge in [0, 0.05) is 28.0 Å². The van der Waals surface area contributed by atoms with E-state index in [4.69, 9.17) is 11.6 Å². The number of nitrogens with one attached hydrogen (secondary N) is 1. The zero-order valence-electron chi connectivity index (χ0n) is 12.6. The quantitative estimate of drug-likeness (QED) is 0.886. The fourth-order valence-corrected chi connectivity index (χ4v) is 5.94. The monoisotopic (exact) mass is 333 g/mol. The largest absolute Gasteiger partial charge is 0.311 e. The lowest BCUT2D eigenvalue weighted by Gasteiger charge is -2.36. The van der Waals surface area contributed by atoms with E-state index in [1.165, 1.54) is 0 Å². The van der Waals surface area contributed by atoms with E-state index in [0.717, 1.165) is 34.7 Å². The van der Waals surface area contributed by atoms with E-state index in [2.05, 4.69) is 59.4 Å². The van der Waals surface area contributed by atoms with Gasteiger partial charge in [-0.15, -0.1) is 0 Å². The highest BCUT2D eigenvalue weighted by Gasteiger charge is 2.34. The fraction of sp³-hybridized carbons (Fsp3) is 0.786. The molecule has 114 valence electrons. The molecule has 1 fully saturated rings. The summed E-state index contributed by atoms with van der Waals surface area (Å²) in [5, 5.41) is 10.6. The zero-order chi connectivity index (χ0) is 14.7. The maximum atomic E-state index is 6.40. The van der Waals surface area contributed by atoms with Gasteiger partial charge in [-0.3, -0.25) is 4.68 Å². The van der Waals surface area contributed by atoms with Gasteiger partial charge in [0.2, 0.25) is 0 Å². The second-order valence-corrected chi connectivity index (χ2v) is 8.72. The number of halogens is 1. The van der Waals surface area contributed by atoms with Crippen molar-refractivity contribution in [3.63, 3.8) is 0 Å². The van der Waals surface area contributed by atoms with Crippen LogP contribution in [-0.2, 0) is 6.54 Å². The summed E-state index contributed by atoms with van der Waals surface area (Å²) >= 11 is 10.5. The van der Waals surface area contributed by atoms with Gasteiger partial charge in [0.1, 0.15) is 0 Å². The van der Waals surface area contributed by atoms with Crippen molar-refractivity contribution in [2.75, 3.05) is 12.8 Å². The number of aromatic nitrogens is 2. The van der Waals surface area contributed by atoms with E-state index in [1.807, 2.05) is 7.05 Å². The third-order valence-corrected chi connectivity index (χ3v) is 7.61. The predicted octanol–water partition coefficient (Wildman–Crippen LogP) is 3.83. The molecule has 0 aromatic carbocycles. The number of nitrogens with zero attached hydrogens (tertiary/aromatic N) is 2. The molecule has 20 heavy (non-hydrogen) atoms. The van der Waals surface area contributed by atoms with E-state index in [1.54, 1.807) is 6.20 Å². The first-order valence-electron chi connectivity index (χ1n) is 7.24. The van der Waals surface area contributed by atoms with Gasteiger partial charge in [-0.1, -0.05) is 32.4 Å². The molecule has 1 N–H and O–H groups in total. The van der Waals surface area contributed by atoms with E-state index >= 15 is 0 Å². The topological polar surface area (TPSA) is 29.9 Å². The van der Waals surface area contributed by atoms with Crippen molar-refractivity contribution in [3.05, 3.63) is 16.9 Å². The Kier molecular flexibility index (Phi) is 6.14. The minimum Gasteiger partial charge on any atom is -0.311 e. The van der Waals surface area contributed by atoms with E-state index in [9.17, 15) is 0 Å². The lowest BCUT2D eigenvalue weighted by molar-refractivity contribution is 0.496. The van der Waals surface area contributed by atoms with Gasteiger partial charge in [0.25, 0.3) is 0 Å². The summed E-state index contributed by atoms with van der Waals surface area (Å²) in [5.74, 6) is 1.16. The minimum atomic E-state index is 0.268. The Morgan fingerprint density at radius 3 is 2.85 bits per heavy atom. The Hall–Kier alpha value is 0.160. The SMILES string of the molecule is CCCn1ncc(Cl)c1C(NC)C1CSC(C)C(C)S1. The van der Waals surface area contributed by atoms with E-state index in [0.29, 0.717) is 10.5 Å². The zero-order valence-corrected chi connectivity index (χ0v) is 15.0. The Labute approximate surface area is 135 Å².